The molecule has 0 aromatic heterocycles. The number of para-hydroxylation sites is 1. The van der Waals surface area contributed by atoms with Crippen molar-refractivity contribution in [3.8, 4) is 16.9 Å². The molecule has 0 bridgehead atoms. The van der Waals surface area contributed by atoms with Crippen LogP contribution in [0, 0.1) is 0 Å². The van der Waals surface area contributed by atoms with Gasteiger partial charge in [-0.15, -0.1) is 0 Å². The maximum absolute atomic E-state index is 6.17. The molecule has 1 N–H and O–H groups in total. The van der Waals surface area contributed by atoms with E-state index in [0.29, 0.717) is 12.6 Å². The first-order chi connectivity index (χ1) is 12.3. The molecular formula is C23H23NO. The maximum Gasteiger partial charge on any atom is 0.143 e. The summed E-state index contributed by atoms with van der Waals surface area (Å²) >= 11 is 0. The van der Waals surface area contributed by atoms with Crippen LogP contribution < -0.4 is 10.1 Å². The number of rotatable bonds is 4. The highest BCUT2D eigenvalue weighted by Gasteiger charge is 2.17. The molecule has 1 unspecified atom stereocenters. The van der Waals surface area contributed by atoms with E-state index in [-0.39, 0.29) is 0 Å². The molecule has 0 saturated heterocycles. The first-order valence-electron chi connectivity index (χ1n) is 8.95. The number of fused-ring (bicyclic) bond motifs is 1. The molecule has 1 aliphatic heterocycles. The van der Waals surface area contributed by atoms with Crippen molar-refractivity contribution in [2.75, 3.05) is 5.32 Å². The van der Waals surface area contributed by atoms with Crippen molar-refractivity contribution in [3.05, 3.63) is 83.9 Å². The third-order valence-electron chi connectivity index (χ3n) is 4.78. The van der Waals surface area contributed by atoms with Gasteiger partial charge in [-0.3, -0.25) is 0 Å². The summed E-state index contributed by atoms with van der Waals surface area (Å²) in [7, 11) is 0. The number of aryl methyl sites for hydroxylation is 1. The van der Waals surface area contributed by atoms with Crippen molar-refractivity contribution in [3.63, 3.8) is 0 Å². The van der Waals surface area contributed by atoms with E-state index < -0.39 is 0 Å². The first kappa shape index (κ1) is 15.8. The molecule has 0 radical (unpaired) electrons. The summed E-state index contributed by atoms with van der Waals surface area (Å²) < 4.78 is 6.17. The normalized spacial score (nSPS) is 16.0. The largest absolute Gasteiger partial charge is 0.487 e. The van der Waals surface area contributed by atoms with Gasteiger partial charge in [-0.05, 0) is 54.2 Å². The Morgan fingerprint density at radius 1 is 0.920 bits per heavy atom. The molecule has 126 valence electrons. The highest BCUT2D eigenvalue weighted by atomic mass is 16.5. The van der Waals surface area contributed by atoms with Gasteiger partial charge < -0.3 is 10.1 Å². The molecule has 4 rings (SSSR count). The summed E-state index contributed by atoms with van der Waals surface area (Å²) in [6.45, 7) is 2.80. The Balaban J connectivity index is 1.53. The van der Waals surface area contributed by atoms with Crippen molar-refractivity contribution < 1.29 is 4.74 Å². The molecule has 1 heterocycles. The second-order valence-corrected chi connectivity index (χ2v) is 6.73. The quantitative estimate of drug-likeness (QED) is 0.665. The number of anilines is 1. The van der Waals surface area contributed by atoms with E-state index in [1.54, 1.807) is 0 Å². The number of nitrogens with one attached hydrogen (secondary N) is 1. The predicted octanol–water partition coefficient (Wildman–Crippen LogP) is 5.68. The van der Waals surface area contributed by atoms with E-state index in [4.69, 9.17) is 4.74 Å². The van der Waals surface area contributed by atoms with Crippen molar-refractivity contribution in [2.45, 2.75) is 32.4 Å². The maximum atomic E-state index is 6.17. The van der Waals surface area contributed by atoms with Crippen molar-refractivity contribution in [1.82, 2.24) is 0 Å². The van der Waals surface area contributed by atoms with Gasteiger partial charge in [-0.1, -0.05) is 60.7 Å². The van der Waals surface area contributed by atoms with Crippen molar-refractivity contribution >= 4 is 5.69 Å². The molecule has 0 saturated carbocycles. The minimum absolute atomic E-state index is 0.499. The summed E-state index contributed by atoms with van der Waals surface area (Å²) in [6.07, 6.45) is 2.29. The number of hydrogen-bond donors (Lipinski definition) is 1. The van der Waals surface area contributed by atoms with Crippen LogP contribution >= 0.6 is 0 Å². The number of ether oxygens (including phenoxy) is 1. The van der Waals surface area contributed by atoms with Crippen LogP contribution in [0.4, 0.5) is 5.69 Å². The van der Waals surface area contributed by atoms with Crippen LogP contribution in [0.15, 0.2) is 72.8 Å². The molecular weight excluding hydrogens is 306 g/mol. The molecule has 0 spiro atoms. The Morgan fingerprint density at radius 2 is 1.72 bits per heavy atom. The van der Waals surface area contributed by atoms with Crippen molar-refractivity contribution in [2.24, 2.45) is 0 Å². The summed E-state index contributed by atoms with van der Waals surface area (Å²) in [5.74, 6) is 0.953. The third kappa shape index (κ3) is 3.53. The minimum Gasteiger partial charge on any atom is -0.487 e. The van der Waals surface area contributed by atoms with E-state index in [2.05, 4.69) is 79.0 Å². The van der Waals surface area contributed by atoms with Gasteiger partial charge in [0, 0.05) is 6.04 Å². The number of hydrogen-bond acceptors (Lipinski definition) is 2. The first-order valence-corrected chi connectivity index (χ1v) is 8.95. The lowest BCUT2D eigenvalue weighted by molar-refractivity contribution is 0.306. The van der Waals surface area contributed by atoms with E-state index in [0.717, 1.165) is 12.2 Å². The second kappa shape index (κ2) is 7.02. The highest BCUT2D eigenvalue weighted by molar-refractivity contribution is 5.65. The van der Waals surface area contributed by atoms with Gasteiger partial charge in [0.05, 0.1) is 5.69 Å². The molecule has 2 heteroatoms. The fraction of sp³-hybridized carbons (Fsp3) is 0.217. The zero-order valence-corrected chi connectivity index (χ0v) is 14.5. The van der Waals surface area contributed by atoms with Crippen LogP contribution in [-0.2, 0) is 13.0 Å². The van der Waals surface area contributed by atoms with Crippen LogP contribution in [0.3, 0.4) is 0 Å². The van der Waals surface area contributed by atoms with Crippen LogP contribution in [0.2, 0.25) is 0 Å². The predicted molar refractivity (Wildman–Crippen MR) is 104 cm³/mol. The van der Waals surface area contributed by atoms with Gasteiger partial charge in [0.2, 0.25) is 0 Å². The molecule has 3 aromatic carbocycles. The molecule has 0 amide bonds. The Labute approximate surface area is 149 Å². The fourth-order valence-electron chi connectivity index (χ4n) is 3.39. The molecule has 1 atom stereocenters. The lowest BCUT2D eigenvalue weighted by Crippen LogP contribution is -2.22. The fourth-order valence-corrected chi connectivity index (χ4v) is 3.39. The average Bonchev–Trinajstić information content (AvgIpc) is 2.67. The Hall–Kier alpha value is -2.74. The van der Waals surface area contributed by atoms with E-state index in [1.807, 2.05) is 6.07 Å². The van der Waals surface area contributed by atoms with Crippen molar-refractivity contribution in [1.29, 1.82) is 0 Å². The monoisotopic (exact) mass is 329 g/mol. The smallest absolute Gasteiger partial charge is 0.143 e. The molecule has 2 nitrogen and oxygen atoms in total. The number of benzene rings is 3. The van der Waals surface area contributed by atoms with E-state index in [9.17, 15) is 0 Å². The SMILES string of the molecule is CC1CCc2cccc(OCc3cccc(-c4ccccc4)c3)c2N1. The van der Waals surface area contributed by atoms with Crippen LogP contribution in [0.5, 0.6) is 5.75 Å². The molecule has 3 aromatic rings. The summed E-state index contributed by atoms with van der Waals surface area (Å²) in [5, 5.41) is 3.58. The zero-order valence-electron chi connectivity index (χ0n) is 14.5. The van der Waals surface area contributed by atoms with Gasteiger partial charge >= 0.3 is 0 Å². The highest BCUT2D eigenvalue weighted by Crippen LogP contribution is 2.34. The standard InChI is InChI=1S/C23H23NO/c1-17-13-14-20-10-6-12-22(23(20)24-17)25-16-18-7-5-11-21(15-18)19-8-3-2-4-9-19/h2-12,15,17,24H,13-14,16H2,1H3. The van der Waals surface area contributed by atoms with E-state index in [1.165, 1.54) is 34.4 Å². The minimum atomic E-state index is 0.499. The van der Waals surface area contributed by atoms with Crippen LogP contribution in [-0.4, -0.2) is 6.04 Å². The Bertz CT molecular complexity index is 857. The zero-order chi connectivity index (χ0) is 17.1. The Kier molecular flexibility index (Phi) is 4.43. The molecule has 0 fully saturated rings. The molecule has 0 aliphatic carbocycles. The average molecular weight is 329 g/mol. The van der Waals surface area contributed by atoms with E-state index >= 15 is 0 Å². The van der Waals surface area contributed by atoms with Gasteiger partial charge in [0.25, 0.3) is 0 Å². The third-order valence-corrected chi connectivity index (χ3v) is 4.78. The molecule has 25 heavy (non-hydrogen) atoms. The second-order valence-electron chi connectivity index (χ2n) is 6.73. The molecule has 1 aliphatic rings. The van der Waals surface area contributed by atoms with Gasteiger partial charge in [0.15, 0.2) is 0 Å². The Morgan fingerprint density at radius 3 is 2.60 bits per heavy atom. The van der Waals surface area contributed by atoms with Crippen LogP contribution in [0.25, 0.3) is 11.1 Å². The summed E-state index contributed by atoms with van der Waals surface area (Å²) in [5.41, 5.74) is 6.16. The van der Waals surface area contributed by atoms with Crippen LogP contribution in [0.1, 0.15) is 24.5 Å². The van der Waals surface area contributed by atoms with Gasteiger partial charge in [0.1, 0.15) is 12.4 Å². The van der Waals surface area contributed by atoms with Gasteiger partial charge in [-0.2, -0.15) is 0 Å². The lowest BCUT2D eigenvalue weighted by Gasteiger charge is -2.26. The van der Waals surface area contributed by atoms with Gasteiger partial charge in [-0.25, -0.2) is 0 Å². The summed E-state index contributed by atoms with van der Waals surface area (Å²) in [4.78, 5) is 0. The topological polar surface area (TPSA) is 21.3 Å². The lowest BCUT2D eigenvalue weighted by atomic mass is 9.98. The summed E-state index contributed by atoms with van der Waals surface area (Å²) in [6, 6.07) is 25.9.